The highest BCUT2D eigenvalue weighted by atomic mass is 35.5. The Labute approximate surface area is 222 Å². The lowest BCUT2D eigenvalue weighted by Crippen LogP contribution is -2.18. The van der Waals surface area contributed by atoms with Crippen LogP contribution in [0.4, 0.5) is 4.39 Å². The molecule has 190 valence electrons. The highest BCUT2D eigenvalue weighted by molar-refractivity contribution is 6.44. The molecule has 0 aliphatic heterocycles. The van der Waals surface area contributed by atoms with Gasteiger partial charge in [-0.1, -0.05) is 92.9 Å². The third-order valence-electron chi connectivity index (χ3n) is 6.40. The number of carboxylic acids is 1. The lowest BCUT2D eigenvalue weighted by atomic mass is 9.77. The van der Waals surface area contributed by atoms with Crippen molar-refractivity contribution in [3.63, 3.8) is 0 Å². The number of carboxylic acid groups (broad SMARTS) is 1. The van der Waals surface area contributed by atoms with Gasteiger partial charge in [0.15, 0.2) is 5.78 Å². The minimum absolute atomic E-state index is 0.0203. The first-order valence-electron chi connectivity index (χ1n) is 11.7. The molecule has 1 fully saturated rings. The fourth-order valence-electron chi connectivity index (χ4n) is 3.46. The molecular formula is C30H31Cl2FO3. The number of carbonyl (C=O) groups excluding carboxylic acids is 1. The standard InChI is InChI=1S/C16H12Cl2O.C8H7FO2.C6H12/c1-10-6-3-4-7-12(10)11(2)16(19)15-13(17)8-5-9-14(15)18;1-5-2-3-6(8(10)11)4-7(5)9;1-5-3-4-6(5)2/h3-9H,2H2,1H3;2-4H,1H3,(H,10,11);5-6H,3-4H2,1-2H3. The van der Waals surface area contributed by atoms with Crippen LogP contribution in [0.25, 0.3) is 5.57 Å². The van der Waals surface area contributed by atoms with Gasteiger partial charge in [-0.15, -0.1) is 0 Å². The fraction of sp³-hybridized carbons (Fsp3) is 0.267. The summed E-state index contributed by atoms with van der Waals surface area (Å²) >= 11 is 12.1. The lowest BCUT2D eigenvalue weighted by Gasteiger charge is -2.29. The van der Waals surface area contributed by atoms with E-state index in [4.69, 9.17) is 28.3 Å². The molecule has 3 aromatic rings. The number of allylic oxidation sites excluding steroid dienone is 1. The van der Waals surface area contributed by atoms with Crippen LogP contribution < -0.4 is 0 Å². The predicted molar refractivity (Wildman–Crippen MR) is 147 cm³/mol. The molecule has 0 saturated heterocycles. The van der Waals surface area contributed by atoms with Gasteiger partial charge in [0.2, 0.25) is 0 Å². The van der Waals surface area contributed by atoms with Crippen molar-refractivity contribution in [2.24, 2.45) is 11.8 Å². The molecule has 1 aliphatic rings. The number of hydrogen-bond donors (Lipinski definition) is 1. The molecule has 0 spiro atoms. The quantitative estimate of drug-likeness (QED) is 0.271. The second-order valence-corrected chi connectivity index (χ2v) is 9.83. The maximum absolute atomic E-state index is 12.7. The van der Waals surface area contributed by atoms with Gasteiger partial charge >= 0.3 is 5.97 Å². The van der Waals surface area contributed by atoms with Crippen molar-refractivity contribution < 1.29 is 19.1 Å². The average molecular weight is 529 g/mol. The summed E-state index contributed by atoms with van der Waals surface area (Å²) in [4.78, 5) is 22.8. The number of aromatic carboxylic acids is 1. The van der Waals surface area contributed by atoms with Gasteiger partial charge in [0.05, 0.1) is 21.2 Å². The summed E-state index contributed by atoms with van der Waals surface area (Å²) in [5.41, 5.74) is 2.93. The van der Waals surface area contributed by atoms with Crippen molar-refractivity contribution in [1.82, 2.24) is 0 Å². The second-order valence-electron chi connectivity index (χ2n) is 9.02. The molecule has 2 unspecified atom stereocenters. The van der Waals surface area contributed by atoms with Gasteiger partial charge in [-0.2, -0.15) is 0 Å². The number of Topliss-reactive ketones (excluding diaryl/α,β-unsaturated/α-hetero) is 1. The first-order valence-corrected chi connectivity index (χ1v) is 12.4. The normalized spacial score (nSPS) is 15.9. The lowest BCUT2D eigenvalue weighted by molar-refractivity contribution is 0.0696. The number of halogens is 3. The number of ketones is 1. The summed E-state index contributed by atoms with van der Waals surface area (Å²) < 4.78 is 12.7. The Morgan fingerprint density at radius 3 is 1.89 bits per heavy atom. The minimum Gasteiger partial charge on any atom is -0.478 e. The van der Waals surface area contributed by atoms with Crippen molar-refractivity contribution in [2.75, 3.05) is 0 Å². The largest absolute Gasteiger partial charge is 0.478 e. The zero-order chi connectivity index (χ0) is 27.0. The summed E-state index contributed by atoms with van der Waals surface area (Å²) in [6.07, 6.45) is 2.95. The van der Waals surface area contributed by atoms with Crippen molar-refractivity contribution in [2.45, 2.75) is 40.5 Å². The van der Waals surface area contributed by atoms with Crippen molar-refractivity contribution in [3.05, 3.63) is 111 Å². The Bertz CT molecular complexity index is 1220. The van der Waals surface area contributed by atoms with E-state index in [-0.39, 0.29) is 11.3 Å². The maximum atomic E-state index is 12.7. The Morgan fingerprint density at radius 1 is 0.889 bits per heavy atom. The van der Waals surface area contributed by atoms with Crippen LogP contribution in [0, 0.1) is 31.5 Å². The van der Waals surface area contributed by atoms with E-state index >= 15 is 0 Å². The Kier molecular flexibility index (Phi) is 10.9. The summed E-state index contributed by atoms with van der Waals surface area (Å²) in [5, 5.41) is 9.11. The first-order chi connectivity index (χ1) is 16.9. The van der Waals surface area contributed by atoms with Crippen LogP contribution in [0.5, 0.6) is 0 Å². The van der Waals surface area contributed by atoms with Gasteiger partial charge in [0.1, 0.15) is 5.82 Å². The summed E-state index contributed by atoms with van der Waals surface area (Å²) in [5.74, 6) is 0.230. The fourth-order valence-corrected chi connectivity index (χ4v) is 4.03. The molecule has 0 amide bonds. The maximum Gasteiger partial charge on any atom is 0.335 e. The number of hydrogen-bond acceptors (Lipinski definition) is 2. The van der Waals surface area contributed by atoms with Gasteiger partial charge in [-0.3, -0.25) is 4.79 Å². The highest BCUT2D eigenvalue weighted by Crippen LogP contribution is 2.32. The Hall–Kier alpha value is -2.95. The molecule has 6 heteroatoms. The molecule has 2 atom stereocenters. The van der Waals surface area contributed by atoms with Gasteiger partial charge in [-0.05, 0) is 66.6 Å². The summed E-state index contributed by atoms with van der Waals surface area (Å²) in [7, 11) is 0. The molecule has 0 bridgehead atoms. The first kappa shape index (κ1) is 29.3. The topological polar surface area (TPSA) is 54.4 Å². The molecule has 0 aromatic heterocycles. The van der Waals surface area contributed by atoms with Gasteiger partial charge in [-0.25, -0.2) is 9.18 Å². The molecule has 1 aliphatic carbocycles. The van der Waals surface area contributed by atoms with Crippen LogP contribution in [0.3, 0.4) is 0 Å². The number of aryl methyl sites for hydroxylation is 2. The number of benzene rings is 3. The van der Waals surface area contributed by atoms with E-state index in [2.05, 4.69) is 20.4 Å². The zero-order valence-corrected chi connectivity index (χ0v) is 22.5. The molecule has 3 nitrogen and oxygen atoms in total. The van der Waals surface area contributed by atoms with E-state index in [1.807, 2.05) is 31.2 Å². The predicted octanol–water partition coefficient (Wildman–Crippen LogP) is 9.08. The van der Waals surface area contributed by atoms with E-state index in [1.165, 1.54) is 25.0 Å². The number of carbonyl (C=O) groups is 2. The molecule has 1 saturated carbocycles. The summed E-state index contributed by atoms with van der Waals surface area (Å²) in [6.45, 7) is 12.0. The van der Waals surface area contributed by atoms with E-state index in [0.29, 0.717) is 26.7 Å². The molecule has 4 rings (SSSR count). The molecule has 36 heavy (non-hydrogen) atoms. The monoisotopic (exact) mass is 528 g/mol. The van der Waals surface area contributed by atoms with Crippen molar-refractivity contribution in [3.8, 4) is 0 Å². The van der Waals surface area contributed by atoms with Gasteiger partial charge in [0.25, 0.3) is 0 Å². The molecule has 0 radical (unpaired) electrons. The third kappa shape index (κ3) is 7.78. The molecular weight excluding hydrogens is 498 g/mol. The van der Waals surface area contributed by atoms with Crippen molar-refractivity contribution >= 4 is 40.5 Å². The Balaban J connectivity index is 0.000000224. The smallest absolute Gasteiger partial charge is 0.335 e. The van der Waals surface area contributed by atoms with E-state index in [9.17, 15) is 14.0 Å². The van der Waals surface area contributed by atoms with E-state index in [0.717, 1.165) is 29.0 Å². The van der Waals surface area contributed by atoms with E-state index < -0.39 is 11.8 Å². The zero-order valence-electron chi connectivity index (χ0n) is 20.9. The van der Waals surface area contributed by atoms with Crippen LogP contribution >= 0.6 is 23.2 Å². The highest BCUT2D eigenvalue weighted by Gasteiger charge is 2.21. The van der Waals surface area contributed by atoms with Crippen LogP contribution in [0.15, 0.2) is 67.2 Å². The van der Waals surface area contributed by atoms with Crippen molar-refractivity contribution in [1.29, 1.82) is 0 Å². The van der Waals surface area contributed by atoms with Gasteiger partial charge < -0.3 is 5.11 Å². The summed E-state index contributed by atoms with van der Waals surface area (Å²) in [6, 6.07) is 16.4. The SMILES string of the molecule is C=C(C(=O)c1c(Cl)cccc1Cl)c1ccccc1C.CC1CCC1C.Cc1ccc(C(=O)O)cc1F. The second kappa shape index (κ2) is 13.4. The van der Waals surface area contributed by atoms with Crippen LogP contribution in [-0.4, -0.2) is 16.9 Å². The molecule has 3 aromatic carbocycles. The van der Waals surface area contributed by atoms with Crippen LogP contribution in [0.1, 0.15) is 64.1 Å². The molecule has 1 N–H and O–H groups in total. The Morgan fingerprint density at radius 2 is 1.44 bits per heavy atom. The average Bonchev–Trinajstić information content (AvgIpc) is 2.85. The van der Waals surface area contributed by atoms with Crippen LogP contribution in [-0.2, 0) is 0 Å². The van der Waals surface area contributed by atoms with Crippen LogP contribution in [0.2, 0.25) is 10.0 Å². The molecule has 0 heterocycles. The minimum atomic E-state index is -1.11. The number of rotatable bonds is 4. The van der Waals surface area contributed by atoms with E-state index in [1.54, 1.807) is 25.1 Å². The third-order valence-corrected chi connectivity index (χ3v) is 7.03. The van der Waals surface area contributed by atoms with Gasteiger partial charge in [0, 0.05) is 5.57 Å².